The number of hydrogen-bond donors (Lipinski definition) is 0. The minimum absolute atomic E-state index is 0.261. The Morgan fingerprint density at radius 1 is 1.12 bits per heavy atom. The molecule has 0 aromatic carbocycles. The van der Waals surface area contributed by atoms with Crippen molar-refractivity contribution in [1.29, 1.82) is 0 Å². The van der Waals surface area contributed by atoms with Gasteiger partial charge in [-0.05, 0) is 38.5 Å². The second kappa shape index (κ2) is 5.55. The van der Waals surface area contributed by atoms with E-state index in [2.05, 4.69) is 27.7 Å². The monoisotopic (exact) mass is 230 g/mol. The first-order valence-electron chi connectivity index (χ1n) is 5.85. The Balaban J connectivity index is 3.85. The van der Waals surface area contributed by atoms with Crippen molar-refractivity contribution in [2.75, 3.05) is 6.61 Å². The maximum atomic E-state index is 11.3. The highest BCUT2D eigenvalue weighted by Gasteiger charge is 2.20. The predicted molar refractivity (Wildman–Crippen MR) is 65.4 cm³/mol. The van der Waals surface area contributed by atoms with Crippen molar-refractivity contribution >= 4 is 6.16 Å². The lowest BCUT2D eigenvalue weighted by Crippen LogP contribution is -2.26. The van der Waals surface area contributed by atoms with Crippen LogP contribution in [0.15, 0.2) is 0 Å². The van der Waals surface area contributed by atoms with Crippen molar-refractivity contribution in [3.05, 3.63) is 0 Å². The highest BCUT2D eigenvalue weighted by atomic mass is 16.7. The third kappa shape index (κ3) is 9.81. The molecule has 0 aliphatic heterocycles. The summed E-state index contributed by atoms with van der Waals surface area (Å²) in [6, 6.07) is 0. The first-order chi connectivity index (χ1) is 6.99. The first kappa shape index (κ1) is 15.3. The van der Waals surface area contributed by atoms with E-state index in [1.807, 2.05) is 20.8 Å². The van der Waals surface area contributed by atoms with Crippen LogP contribution in [0, 0.1) is 11.3 Å². The Bertz CT molecular complexity index is 220. The van der Waals surface area contributed by atoms with Gasteiger partial charge in [0.2, 0.25) is 0 Å². The minimum Gasteiger partial charge on any atom is -0.434 e. The van der Waals surface area contributed by atoms with Crippen LogP contribution in [0.25, 0.3) is 0 Å². The van der Waals surface area contributed by atoms with Crippen molar-refractivity contribution in [1.82, 2.24) is 0 Å². The summed E-state index contributed by atoms with van der Waals surface area (Å²) >= 11 is 0. The van der Waals surface area contributed by atoms with Crippen molar-refractivity contribution < 1.29 is 14.3 Å². The summed E-state index contributed by atoms with van der Waals surface area (Å²) in [6.07, 6.45) is 0.448. The summed E-state index contributed by atoms with van der Waals surface area (Å²) in [5.74, 6) is 0.354. The first-order valence-corrected chi connectivity index (χ1v) is 5.85. The molecular weight excluding hydrogens is 204 g/mol. The van der Waals surface area contributed by atoms with Gasteiger partial charge >= 0.3 is 6.16 Å². The van der Waals surface area contributed by atoms with Crippen LogP contribution in [0.3, 0.4) is 0 Å². The molecule has 0 aliphatic carbocycles. The normalized spacial score (nSPS) is 14.4. The molecule has 1 atom stereocenters. The maximum Gasteiger partial charge on any atom is 0.508 e. The van der Waals surface area contributed by atoms with Gasteiger partial charge in [0.25, 0.3) is 0 Å². The van der Waals surface area contributed by atoms with Crippen LogP contribution in [-0.2, 0) is 9.47 Å². The fourth-order valence-corrected chi connectivity index (χ4v) is 1.59. The number of carbonyl (C=O) groups is 1. The molecule has 0 saturated heterocycles. The lowest BCUT2D eigenvalue weighted by atomic mass is 9.86. The molecule has 16 heavy (non-hydrogen) atoms. The molecule has 3 heteroatoms. The highest BCUT2D eigenvalue weighted by Crippen LogP contribution is 2.24. The predicted octanol–water partition coefficient (Wildman–Crippen LogP) is 4.01. The quantitative estimate of drug-likeness (QED) is 0.687. The van der Waals surface area contributed by atoms with Crippen molar-refractivity contribution in [2.45, 2.75) is 60.5 Å². The second-order valence-electron chi connectivity index (χ2n) is 6.65. The number of hydrogen-bond acceptors (Lipinski definition) is 3. The number of rotatable bonds is 3. The van der Waals surface area contributed by atoms with Crippen molar-refractivity contribution in [3.8, 4) is 0 Å². The third-order valence-corrected chi connectivity index (χ3v) is 1.84. The van der Waals surface area contributed by atoms with Crippen molar-refractivity contribution in [2.24, 2.45) is 11.3 Å². The second-order valence-corrected chi connectivity index (χ2v) is 6.65. The van der Waals surface area contributed by atoms with Gasteiger partial charge < -0.3 is 9.47 Å². The zero-order valence-electron chi connectivity index (χ0n) is 11.7. The van der Waals surface area contributed by atoms with Crippen LogP contribution in [0.2, 0.25) is 0 Å². The Morgan fingerprint density at radius 3 is 2.00 bits per heavy atom. The SMILES string of the molecule is C[C@H](COC(=O)OC(C)(C)C)CC(C)(C)C. The molecule has 0 aromatic heterocycles. The van der Waals surface area contributed by atoms with Crippen LogP contribution < -0.4 is 0 Å². The highest BCUT2D eigenvalue weighted by molar-refractivity contribution is 5.60. The van der Waals surface area contributed by atoms with Gasteiger partial charge in [-0.1, -0.05) is 27.7 Å². The molecule has 96 valence electrons. The lowest BCUT2D eigenvalue weighted by molar-refractivity contribution is -0.0143. The molecule has 0 saturated carbocycles. The van der Waals surface area contributed by atoms with Crippen molar-refractivity contribution in [3.63, 3.8) is 0 Å². The fraction of sp³-hybridized carbons (Fsp3) is 0.923. The van der Waals surface area contributed by atoms with Gasteiger partial charge in [-0.25, -0.2) is 4.79 Å². The molecule has 0 rings (SSSR count). The van der Waals surface area contributed by atoms with E-state index in [0.29, 0.717) is 12.5 Å². The summed E-state index contributed by atoms with van der Waals surface area (Å²) in [5.41, 5.74) is -0.221. The summed E-state index contributed by atoms with van der Waals surface area (Å²) in [4.78, 5) is 11.3. The van der Waals surface area contributed by atoms with Crippen LogP contribution in [-0.4, -0.2) is 18.4 Å². The largest absolute Gasteiger partial charge is 0.508 e. The van der Waals surface area contributed by atoms with Gasteiger partial charge in [-0.2, -0.15) is 0 Å². The maximum absolute atomic E-state index is 11.3. The standard InChI is InChI=1S/C13H26O3/c1-10(8-12(2,3)4)9-15-11(14)16-13(5,6)7/h10H,8-9H2,1-7H3/t10-/m0/s1. The summed E-state index contributed by atoms with van der Waals surface area (Å²) in [5, 5.41) is 0. The molecular formula is C13H26O3. The van der Waals surface area contributed by atoms with Crippen LogP contribution in [0.1, 0.15) is 54.9 Å². The van der Waals surface area contributed by atoms with Crippen LogP contribution >= 0.6 is 0 Å². The minimum atomic E-state index is -0.576. The molecule has 3 nitrogen and oxygen atoms in total. The van der Waals surface area contributed by atoms with Gasteiger partial charge in [0.05, 0.1) is 6.61 Å². The zero-order valence-corrected chi connectivity index (χ0v) is 11.7. The Morgan fingerprint density at radius 2 is 1.62 bits per heavy atom. The topological polar surface area (TPSA) is 35.5 Å². The molecule has 0 heterocycles. The molecule has 0 aliphatic rings. The molecule has 0 radical (unpaired) electrons. The lowest BCUT2D eigenvalue weighted by Gasteiger charge is -2.24. The van der Waals surface area contributed by atoms with Gasteiger partial charge in [0.1, 0.15) is 5.60 Å². The van der Waals surface area contributed by atoms with E-state index < -0.39 is 11.8 Å². The van der Waals surface area contributed by atoms with Crippen LogP contribution in [0.5, 0.6) is 0 Å². The summed E-state index contributed by atoms with van der Waals surface area (Å²) in [7, 11) is 0. The smallest absolute Gasteiger partial charge is 0.434 e. The fourth-order valence-electron chi connectivity index (χ4n) is 1.59. The number of carbonyl (C=O) groups excluding carboxylic acids is 1. The molecule has 0 N–H and O–H groups in total. The van der Waals surface area contributed by atoms with Gasteiger partial charge in [-0.15, -0.1) is 0 Å². The molecule has 0 unspecified atom stereocenters. The molecule has 0 aromatic rings. The molecule has 0 fully saturated rings. The van der Waals surface area contributed by atoms with Crippen LogP contribution in [0.4, 0.5) is 4.79 Å². The van der Waals surface area contributed by atoms with E-state index in [1.165, 1.54) is 0 Å². The Labute approximate surface area is 99.5 Å². The summed E-state index contributed by atoms with van der Waals surface area (Å²) < 4.78 is 10.1. The van der Waals surface area contributed by atoms with E-state index in [0.717, 1.165) is 6.42 Å². The van der Waals surface area contributed by atoms with Gasteiger partial charge in [-0.3, -0.25) is 0 Å². The summed E-state index contributed by atoms with van der Waals surface area (Å²) in [6.45, 7) is 14.5. The van der Waals surface area contributed by atoms with E-state index in [9.17, 15) is 4.79 Å². The Kier molecular flexibility index (Phi) is 5.30. The third-order valence-electron chi connectivity index (χ3n) is 1.84. The van der Waals surface area contributed by atoms with E-state index in [-0.39, 0.29) is 5.41 Å². The van der Waals surface area contributed by atoms with E-state index in [1.54, 1.807) is 0 Å². The number of ether oxygens (including phenoxy) is 2. The van der Waals surface area contributed by atoms with E-state index in [4.69, 9.17) is 9.47 Å². The average Bonchev–Trinajstić information content (AvgIpc) is 1.94. The zero-order chi connectivity index (χ0) is 13.0. The molecule has 0 amide bonds. The average molecular weight is 230 g/mol. The molecule has 0 spiro atoms. The van der Waals surface area contributed by atoms with Gasteiger partial charge in [0.15, 0.2) is 0 Å². The Hall–Kier alpha value is -0.730. The van der Waals surface area contributed by atoms with Gasteiger partial charge in [0, 0.05) is 0 Å². The molecule has 0 bridgehead atoms. The van der Waals surface area contributed by atoms with E-state index >= 15 is 0 Å².